The molecular weight excluding hydrogens is 300 g/mol. The van der Waals surface area contributed by atoms with E-state index in [2.05, 4.69) is 4.74 Å². The lowest BCUT2D eigenvalue weighted by atomic mass is 10.1. The molecule has 1 amide bonds. The van der Waals surface area contributed by atoms with Crippen LogP contribution in [0.25, 0.3) is 0 Å². The Morgan fingerprint density at radius 2 is 2.24 bits per heavy atom. The molecule has 0 spiro atoms. The Kier molecular flexibility index (Phi) is 4.42. The van der Waals surface area contributed by atoms with Crippen molar-refractivity contribution in [3.8, 4) is 0 Å². The van der Waals surface area contributed by atoms with E-state index in [1.807, 2.05) is 0 Å². The molecule has 0 aliphatic carbocycles. The molecule has 1 aliphatic heterocycles. The standard InChI is InChI=1S/C13H13ClN2O5/c1-21-13(18)9-3-10(5-11(4-9)16(19)20)15-7-8(6-14)2-12(15)17/h3-5,8H,2,6-7H2,1H3. The van der Waals surface area contributed by atoms with E-state index < -0.39 is 10.9 Å². The Morgan fingerprint density at radius 1 is 1.52 bits per heavy atom. The summed E-state index contributed by atoms with van der Waals surface area (Å²) >= 11 is 5.75. The fourth-order valence-corrected chi connectivity index (χ4v) is 2.43. The number of carbonyl (C=O) groups excluding carboxylic acids is 2. The van der Waals surface area contributed by atoms with E-state index in [-0.39, 0.29) is 23.1 Å². The molecule has 1 aliphatic rings. The number of ether oxygens (including phenoxy) is 1. The molecule has 1 fully saturated rings. The summed E-state index contributed by atoms with van der Waals surface area (Å²) in [7, 11) is 1.19. The van der Waals surface area contributed by atoms with Crippen molar-refractivity contribution >= 4 is 34.9 Å². The maximum atomic E-state index is 12.0. The molecule has 7 nitrogen and oxygen atoms in total. The highest BCUT2D eigenvalue weighted by Crippen LogP contribution is 2.30. The van der Waals surface area contributed by atoms with Gasteiger partial charge < -0.3 is 9.64 Å². The predicted octanol–water partition coefficient (Wildman–Crippen LogP) is 1.97. The van der Waals surface area contributed by atoms with Crippen molar-refractivity contribution in [2.45, 2.75) is 6.42 Å². The highest BCUT2D eigenvalue weighted by Gasteiger charge is 2.31. The second-order valence-corrected chi connectivity index (χ2v) is 5.02. The lowest BCUT2D eigenvalue weighted by Gasteiger charge is -2.17. The minimum atomic E-state index is -0.694. The Balaban J connectivity index is 2.43. The number of carbonyl (C=O) groups is 2. The van der Waals surface area contributed by atoms with E-state index in [1.54, 1.807) is 0 Å². The third-order valence-corrected chi connectivity index (χ3v) is 3.71. The number of alkyl halides is 1. The molecule has 0 aromatic heterocycles. The number of esters is 1. The van der Waals surface area contributed by atoms with E-state index in [0.717, 1.165) is 6.07 Å². The third kappa shape index (κ3) is 3.13. The first-order valence-corrected chi connectivity index (χ1v) is 6.73. The zero-order valence-corrected chi connectivity index (χ0v) is 12.0. The van der Waals surface area contributed by atoms with E-state index in [0.29, 0.717) is 24.5 Å². The van der Waals surface area contributed by atoms with Gasteiger partial charge in [-0.25, -0.2) is 4.79 Å². The SMILES string of the molecule is COC(=O)c1cc(N2CC(CCl)CC2=O)cc([N+](=O)[O-])c1. The molecule has 21 heavy (non-hydrogen) atoms. The minimum absolute atomic E-state index is 0.00000517. The zero-order valence-electron chi connectivity index (χ0n) is 11.2. The van der Waals surface area contributed by atoms with Crippen LogP contribution in [0.4, 0.5) is 11.4 Å². The monoisotopic (exact) mass is 312 g/mol. The van der Waals surface area contributed by atoms with Gasteiger partial charge in [0.25, 0.3) is 5.69 Å². The van der Waals surface area contributed by atoms with Gasteiger partial charge in [0.05, 0.1) is 23.3 Å². The summed E-state index contributed by atoms with van der Waals surface area (Å²) in [5.74, 6) is -0.529. The number of nitrogens with zero attached hydrogens (tertiary/aromatic N) is 2. The normalized spacial score (nSPS) is 17.9. The quantitative estimate of drug-likeness (QED) is 0.367. The van der Waals surface area contributed by atoms with Crippen molar-refractivity contribution in [1.29, 1.82) is 0 Å². The Morgan fingerprint density at radius 3 is 2.76 bits per heavy atom. The maximum Gasteiger partial charge on any atom is 0.338 e. The van der Waals surface area contributed by atoms with Crippen LogP contribution >= 0.6 is 11.6 Å². The molecule has 1 saturated heterocycles. The van der Waals surface area contributed by atoms with Crippen molar-refractivity contribution in [3.63, 3.8) is 0 Å². The summed E-state index contributed by atoms with van der Waals surface area (Å²) in [5, 5.41) is 11.0. The number of halogens is 1. The van der Waals surface area contributed by atoms with Crippen molar-refractivity contribution in [2.24, 2.45) is 5.92 Å². The molecule has 1 aromatic carbocycles. The van der Waals surface area contributed by atoms with E-state index >= 15 is 0 Å². The number of methoxy groups -OCH3 is 1. The van der Waals surface area contributed by atoms with E-state index in [9.17, 15) is 19.7 Å². The lowest BCUT2D eigenvalue weighted by Crippen LogP contribution is -2.25. The number of amides is 1. The van der Waals surface area contributed by atoms with Crippen LogP contribution in [0.5, 0.6) is 0 Å². The first kappa shape index (κ1) is 15.2. The molecule has 2 rings (SSSR count). The highest BCUT2D eigenvalue weighted by molar-refractivity contribution is 6.18. The molecule has 112 valence electrons. The average molecular weight is 313 g/mol. The summed E-state index contributed by atoms with van der Waals surface area (Å²) < 4.78 is 4.57. The zero-order chi connectivity index (χ0) is 15.6. The molecule has 0 saturated carbocycles. The van der Waals surface area contributed by atoms with Gasteiger partial charge >= 0.3 is 5.97 Å². The molecule has 1 aromatic rings. The fraction of sp³-hybridized carbons (Fsp3) is 0.385. The van der Waals surface area contributed by atoms with Crippen LogP contribution < -0.4 is 4.90 Å². The number of nitro groups is 1. The maximum absolute atomic E-state index is 12.0. The number of anilines is 1. The van der Waals surface area contributed by atoms with Gasteiger partial charge in [-0.1, -0.05) is 0 Å². The van der Waals surface area contributed by atoms with E-state index in [1.165, 1.54) is 24.1 Å². The van der Waals surface area contributed by atoms with Gasteiger partial charge in [-0.15, -0.1) is 11.6 Å². The third-order valence-electron chi connectivity index (χ3n) is 3.27. The van der Waals surface area contributed by atoms with Crippen LogP contribution in [0, 0.1) is 16.0 Å². The van der Waals surface area contributed by atoms with Gasteiger partial charge in [-0.05, 0) is 12.0 Å². The fourth-order valence-electron chi connectivity index (χ4n) is 2.23. The van der Waals surface area contributed by atoms with Gasteiger partial charge in [0.2, 0.25) is 5.91 Å². The second-order valence-electron chi connectivity index (χ2n) is 4.72. The van der Waals surface area contributed by atoms with Gasteiger partial charge in [0.1, 0.15) is 0 Å². The minimum Gasteiger partial charge on any atom is -0.465 e. The number of benzene rings is 1. The number of non-ortho nitro benzene ring substituents is 1. The van der Waals surface area contributed by atoms with Crippen LogP contribution in [-0.2, 0) is 9.53 Å². The van der Waals surface area contributed by atoms with Crippen LogP contribution in [0.3, 0.4) is 0 Å². The number of hydrogen-bond donors (Lipinski definition) is 0. The van der Waals surface area contributed by atoms with Gasteiger partial charge in [0.15, 0.2) is 0 Å². The number of nitro benzene ring substituents is 1. The molecule has 1 heterocycles. The first-order valence-electron chi connectivity index (χ1n) is 6.20. The smallest absolute Gasteiger partial charge is 0.338 e. The molecule has 0 radical (unpaired) electrons. The van der Waals surface area contributed by atoms with Gasteiger partial charge in [0, 0.05) is 31.0 Å². The number of rotatable bonds is 4. The lowest BCUT2D eigenvalue weighted by molar-refractivity contribution is -0.384. The highest BCUT2D eigenvalue weighted by atomic mass is 35.5. The molecule has 0 bridgehead atoms. The molecule has 1 atom stereocenters. The van der Waals surface area contributed by atoms with Crippen LogP contribution in [-0.4, -0.2) is 36.3 Å². The predicted molar refractivity (Wildman–Crippen MR) is 75.6 cm³/mol. The topological polar surface area (TPSA) is 89.8 Å². The molecule has 1 unspecified atom stereocenters. The van der Waals surface area contributed by atoms with Crippen molar-refractivity contribution in [3.05, 3.63) is 33.9 Å². The van der Waals surface area contributed by atoms with Crippen molar-refractivity contribution < 1.29 is 19.2 Å². The summed E-state index contributed by atoms with van der Waals surface area (Å²) in [4.78, 5) is 35.3. The molecule has 0 N–H and O–H groups in total. The Labute approximate surface area is 125 Å². The van der Waals surface area contributed by atoms with Gasteiger partial charge in [-0.3, -0.25) is 14.9 Å². The number of hydrogen-bond acceptors (Lipinski definition) is 5. The summed E-state index contributed by atoms with van der Waals surface area (Å²) in [6.07, 6.45) is 0.291. The van der Waals surface area contributed by atoms with E-state index in [4.69, 9.17) is 11.6 Å². The van der Waals surface area contributed by atoms with Crippen molar-refractivity contribution in [1.82, 2.24) is 0 Å². The van der Waals surface area contributed by atoms with Crippen molar-refractivity contribution in [2.75, 3.05) is 24.4 Å². The second kappa shape index (κ2) is 6.09. The summed E-state index contributed by atoms with van der Waals surface area (Å²) in [5.41, 5.74) is 0.0704. The van der Waals surface area contributed by atoms with Crippen LogP contribution in [0.1, 0.15) is 16.8 Å². The largest absolute Gasteiger partial charge is 0.465 e. The molecular formula is C13H13ClN2O5. The summed E-state index contributed by atoms with van der Waals surface area (Å²) in [6.45, 7) is 0.379. The summed E-state index contributed by atoms with van der Waals surface area (Å²) in [6, 6.07) is 3.79. The average Bonchev–Trinajstić information content (AvgIpc) is 2.87. The van der Waals surface area contributed by atoms with Crippen LogP contribution in [0.2, 0.25) is 0 Å². The van der Waals surface area contributed by atoms with Gasteiger partial charge in [-0.2, -0.15) is 0 Å². The Bertz CT molecular complexity index is 604. The Hall–Kier alpha value is -2.15. The molecule has 8 heteroatoms. The van der Waals surface area contributed by atoms with Crippen LogP contribution in [0.15, 0.2) is 18.2 Å². The first-order chi connectivity index (χ1) is 9.96.